The van der Waals surface area contributed by atoms with Crippen LogP contribution in [0.5, 0.6) is 0 Å². The predicted molar refractivity (Wildman–Crippen MR) is 74.2 cm³/mol. The van der Waals surface area contributed by atoms with Crippen molar-refractivity contribution in [2.45, 2.75) is 62.8 Å². The number of β-amino-alcohol motifs (C(OH)–C–C–N with tert-alkyl or cyclic N) is 1. The van der Waals surface area contributed by atoms with Gasteiger partial charge in [-0.2, -0.15) is 0 Å². The number of alkyl halides is 1. The maximum absolute atomic E-state index is 13.4. The highest BCUT2D eigenvalue weighted by Crippen LogP contribution is 2.62. The lowest BCUT2D eigenvalue weighted by atomic mass is 9.47. The first-order chi connectivity index (χ1) is 9.86. The Balaban J connectivity index is 1.48. The lowest BCUT2D eigenvalue weighted by Crippen LogP contribution is -2.56. The SMILES string of the molecule is O=C(CC12CC3CC(CC(O)(C3)C1)C2)N1C[C@@H](O)[C@H](F)C1. The van der Waals surface area contributed by atoms with E-state index in [1.54, 1.807) is 0 Å². The van der Waals surface area contributed by atoms with Crippen molar-refractivity contribution >= 4 is 5.91 Å². The topological polar surface area (TPSA) is 60.8 Å². The number of nitrogens with zero attached hydrogens (tertiary/aromatic N) is 1. The zero-order valence-corrected chi connectivity index (χ0v) is 12.3. The van der Waals surface area contributed by atoms with Crippen molar-refractivity contribution in [1.29, 1.82) is 0 Å². The van der Waals surface area contributed by atoms with Gasteiger partial charge in [0.2, 0.25) is 5.91 Å². The second-order valence-corrected chi connectivity index (χ2v) is 8.24. The average Bonchev–Trinajstić information content (AvgIpc) is 2.66. The lowest BCUT2D eigenvalue weighted by molar-refractivity contribution is -0.171. The molecule has 0 aromatic carbocycles. The Morgan fingerprint density at radius 1 is 1.19 bits per heavy atom. The van der Waals surface area contributed by atoms with Gasteiger partial charge in [0.1, 0.15) is 12.3 Å². The van der Waals surface area contributed by atoms with Crippen molar-refractivity contribution in [3.05, 3.63) is 0 Å². The van der Waals surface area contributed by atoms with Crippen LogP contribution in [0.15, 0.2) is 0 Å². The maximum Gasteiger partial charge on any atom is 0.223 e. The lowest BCUT2D eigenvalue weighted by Gasteiger charge is -2.60. The Morgan fingerprint density at radius 2 is 1.86 bits per heavy atom. The number of hydrogen-bond acceptors (Lipinski definition) is 3. The van der Waals surface area contributed by atoms with Crippen LogP contribution in [0.4, 0.5) is 4.39 Å². The number of aliphatic hydroxyl groups excluding tert-OH is 1. The normalized spacial score (nSPS) is 51.7. The summed E-state index contributed by atoms with van der Waals surface area (Å²) in [4.78, 5) is 14.0. The molecule has 1 saturated heterocycles. The van der Waals surface area contributed by atoms with E-state index in [-0.39, 0.29) is 24.4 Å². The van der Waals surface area contributed by atoms with E-state index < -0.39 is 17.9 Å². The standard InChI is InChI=1S/C16H24FNO3/c17-12-7-18(8-13(12)19)14(20)6-15-2-10-1-11(3-15)5-16(21,4-10)9-15/h10-13,19,21H,1-9H2/t10?,11?,12-,13-,15?,16?/m1/s1. The van der Waals surface area contributed by atoms with Crippen LogP contribution < -0.4 is 0 Å². The maximum atomic E-state index is 13.4. The fourth-order valence-electron chi connectivity index (χ4n) is 5.99. The molecule has 0 aromatic heterocycles. The molecule has 5 aliphatic rings. The number of aliphatic hydroxyl groups is 2. The van der Waals surface area contributed by atoms with Gasteiger partial charge in [-0.1, -0.05) is 0 Å². The van der Waals surface area contributed by atoms with Gasteiger partial charge >= 0.3 is 0 Å². The van der Waals surface area contributed by atoms with Gasteiger partial charge in [-0.15, -0.1) is 0 Å². The molecule has 118 valence electrons. The van der Waals surface area contributed by atoms with Crippen LogP contribution in [-0.2, 0) is 4.79 Å². The fraction of sp³-hybridized carbons (Fsp3) is 0.938. The molecule has 5 rings (SSSR count). The molecule has 1 amide bonds. The number of likely N-dealkylation sites (tertiary alicyclic amines) is 1. The van der Waals surface area contributed by atoms with E-state index >= 15 is 0 Å². The molecule has 0 spiro atoms. The molecule has 1 aliphatic heterocycles. The summed E-state index contributed by atoms with van der Waals surface area (Å²) in [6.45, 7) is 0.139. The van der Waals surface area contributed by atoms with Crippen molar-refractivity contribution in [1.82, 2.24) is 4.90 Å². The molecule has 1 heterocycles. The molecule has 2 N–H and O–H groups in total. The van der Waals surface area contributed by atoms with E-state index in [0.717, 1.165) is 32.1 Å². The minimum Gasteiger partial charge on any atom is -0.390 e. The largest absolute Gasteiger partial charge is 0.390 e. The zero-order valence-electron chi connectivity index (χ0n) is 12.3. The van der Waals surface area contributed by atoms with Gasteiger partial charge in [0.05, 0.1) is 12.1 Å². The molecule has 4 atom stereocenters. The number of rotatable bonds is 2. The molecular formula is C16H24FNO3. The summed E-state index contributed by atoms with van der Waals surface area (Å²) >= 11 is 0. The summed E-state index contributed by atoms with van der Waals surface area (Å²) in [6, 6.07) is 0. The van der Waals surface area contributed by atoms with Gasteiger partial charge in [0.25, 0.3) is 0 Å². The van der Waals surface area contributed by atoms with Gasteiger partial charge < -0.3 is 15.1 Å². The first-order valence-electron chi connectivity index (χ1n) is 8.19. The Bertz CT molecular complexity index is 444. The molecule has 4 bridgehead atoms. The van der Waals surface area contributed by atoms with Gasteiger partial charge in [-0.25, -0.2) is 4.39 Å². The molecule has 5 fully saturated rings. The zero-order chi connectivity index (χ0) is 14.8. The van der Waals surface area contributed by atoms with E-state index in [1.807, 2.05) is 0 Å². The first-order valence-corrected chi connectivity index (χ1v) is 8.19. The third kappa shape index (κ3) is 2.29. The second kappa shape index (κ2) is 4.42. The van der Waals surface area contributed by atoms with Crippen molar-refractivity contribution in [2.75, 3.05) is 13.1 Å². The minimum atomic E-state index is -1.31. The van der Waals surface area contributed by atoms with Crippen LogP contribution >= 0.6 is 0 Å². The number of hydrogen-bond donors (Lipinski definition) is 2. The summed E-state index contributed by atoms with van der Waals surface area (Å²) in [6.07, 6.45) is 3.87. The summed E-state index contributed by atoms with van der Waals surface area (Å²) in [7, 11) is 0. The summed E-state index contributed by atoms with van der Waals surface area (Å²) in [5.41, 5.74) is -0.632. The molecule has 5 heteroatoms. The Morgan fingerprint density at radius 3 is 2.38 bits per heavy atom. The Labute approximate surface area is 124 Å². The minimum absolute atomic E-state index is 0.0210. The first kappa shape index (κ1) is 13.9. The van der Waals surface area contributed by atoms with Crippen LogP contribution in [-0.4, -0.2) is 52.0 Å². The predicted octanol–water partition coefficient (Wildman–Crippen LogP) is 1.25. The summed E-state index contributed by atoms with van der Waals surface area (Å²) < 4.78 is 13.4. The van der Waals surface area contributed by atoms with Crippen molar-refractivity contribution in [3.8, 4) is 0 Å². The highest BCUT2D eigenvalue weighted by Gasteiger charge is 2.57. The summed E-state index contributed by atoms with van der Waals surface area (Å²) in [5.74, 6) is 1.07. The van der Waals surface area contributed by atoms with Gasteiger partial charge in [0.15, 0.2) is 0 Å². The van der Waals surface area contributed by atoms with E-state index in [0.29, 0.717) is 18.3 Å². The van der Waals surface area contributed by atoms with Crippen molar-refractivity contribution < 1.29 is 19.4 Å². The van der Waals surface area contributed by atoms with E-state index in [9.17, 15) is 19.4 Å². The van der Waals surface area contributed by atoms with Crippen molar-refractivity contribution in [2.24, 2.45) is 17.3 Å². The fourth-order valence-corrected chi connectivity index (χ4v) is 5.99. The van der Waals surface area contributed by atoms with Crippen LogP contribution in [0, 0.1) is 17.3 Å². The molecular weight excluding hydrogens is 273 g/mol. The van der Waals surface area contributed by atoms with E-state index in [1.165, 1.54) is 11.3 Å². The average molecular weight is 297 g/mol. The molecule has 4 nitrogen and oxygen atoms in total. The molecule has 0 radical (unpaired) electrons. The van der Waals surface area contributed by atoms with E-state index in [2.05, 4.69) is 0 Å². The number of carbonyl (C=O) groups excluding carboxylic acids is 1. The molecule has 0 aromatic rings. The third-order valence-corrected chi connectivity index (χ3v) is 6.25. The van der Waals surface area contributed by atoms with Crippen LogP contribution in [0.25, 0.3) is 0 Å². The van der Waals surface area contributed by atoms with Gasteiger partial charge in [0, 0.05) is 13.0 Å². The van der Waals surface area contributed by atoms with Gasteiger partial charge in [-0.05, 0) is 55.8 Å². The van der Waals surface area contributed by atoms with Crippen LogP contribution in [0.2, 0.25) is 0 Å². The van der Waals surface area contributed by atoms with Crippen LogP contribution in [0.3, 0.4) is 0 Å². The van der Waals surface area contributed by atoms with Crippen molar-refractivity contribution in [3.63, 3.8) is 0 Å². The highest BCUT2D eigenvalue weighted by atomic mass is 19.1. The molecule has 4 aliphatic carbocycles. The Kier molecular flexibility index (Phi) is 2.93. The third-order valence-electron chi connectivity index (χ3n) is 6.25. The van der Waals surface area contributed by atoms with Crippen LogP contribution in [0.1, 0.15) is 44.9 Å². The van der Waals surface area contributed by atoms with Gasteiger partial charge in [-0.3, -0.25) is 4.79 Å². The molecule has 2 unspecified atom stereocenters. The highest BCUT2D eigenvalue weighted by molar-refractivity contribution is 5.77. The monoisotopic (exact) mass is 297 g/mol. The summed E-state index contributed by atoms with van der Waals surface area (Å²) in [5, 5.41) is 20.2. The molecule has 21 heavy (non-hydrogen) atoms. The smallest absolute Gasteiger partial charge is 0.223 e. The number of amides is 1. The Hall–Kier alpha value is -0.680. The quantitative estimate of drug-likeness (QED) is 0.806. The number of halogens is 1. The number of carbonyl (C=O) groups is 1. The van der Waals surface area contributed by atoms with E-state index in [4.69, 9.17) is 0 Å². The second-order valence-electron chi connectivity index (χ2n) is 8.24. The molecule has 4 saturated carbocycles.